The van der Waals surface area contributed by atoms with Crippen LogP contribution in [0, 0.1) is 11.3 Å². The monoisotopic (exact) mass is 161 g/mol. The van der Waals surface area contributed by atoms with Gasteiger partial charge in [0.2, 0.25) is 0 Å². The summed E-state index contributed by atoms with van der Waals surface area (Å²) in [7, 11) is 0. The lowest BCUT2D eigenvalue weighted by molar-refractivity contribution is 1.29. The highest BCUT2D eigenvalue weighted by Gasteiger charge is 1.90. The average Bonchev–Trinajstić information content (AvgIpc) is 2.03. The fourth-order valence-corrected chi connectivity index (χ4v) is 0.675. The summed E-state index contributed by atoms with van der Waals surface area (Å²) in [5.74, 6) is 0. The van der Waals surface area contributed by atoms with E-state index >= 15 is 0 Å². The van der Waals surface area contributed by atoms with Gasteiger partial charge in [-0.25, -0.2) is 0 Å². The van der Waals surface area contributed by atoms with Gasteiger partial charge in [0.25, 0.3) is 0 Å². The molecule has 0 N–H and O–H groups in total. The van der Waals surface area contributed by atoms with Crippen molar-refractivity contribution in [2.24, 2.45) is 0 Å². The molecule has 0 radical (unpaired) electrons. The first kappa shape index (κ1) is 10.7. The Hall–Kier alpha value is -1.29. The molecule has 0 aromatic rings. The number of rotatable bonds is 2. The van der Waals surface area contributed by atoms with E-state index in [1.807, 2.05) is 45.9 Å². The number of nitriles is 1. The predicted octanol–water partition coefficient (Wildman–Crippen LogP) is 3.37. The normalized spacial score (nSPS) is 11.4. The Morgan fingerprint density at radius 1 is 1.25 bits per heavy atom. The second kappa shape index (κ2) is 5.37. The van der Waals surface area contributed by atoms with Crippen LogP contribution in [0.4, 0.5) is 0 Å². The molecule has 64 valence electrons. The van der Waals surface area contributed by atoms with E-state index in [4.69, 9.17) is 5.26 Å². The number of nitrogens with zero attached hydrogens (tertiary/aromatic N) is 1. The lowest BCUT2D eigenvalue weighted by Crippen LogP contribution is -1.77. The first-order chi connectivity index (χ1) is 5.61. The molecule has 0 saturated heterocycles. The van der Waals surface area contributed by atoms with E-state index in [9.17, 15) is 0 Å². The van der Waals surface area contributed by atoms with Crippen molar-refractivity contribution in [1.29, 1.82) is 5.26 Å². The lowest BCUT2D eigenvalue weighted by Gasteiger charge is -1.95. The third-order valence-electron chi connectivity index (χ3n) is 1.64. The summed E-state index contributed by atoms with van der Waals surface area (Å²) in [5.41, 5.74) is 3.10. The molecule has 0 bridgehead atoms. The topological polar surface area (TPSA) is 23.8 Å². The first-order valence-electron chi connectivity index (χ1n) is 4.00. The molecule has 0 rings (SSSR count). The van der Waals surface area contributed by atoms with Gasteiger partial charge in [0.15, 0.2) is 0 Å². The fraction of sp³-hybridized carbons (Fsp3) is 0.364. The minimum absolute atomic E-state index is 0.705. The summed E-state index contributed by atoms with van der Waals surface area (Å²) in [5, 5.41) is 8.70. The van der Waals surface area contributed by atoms with Gasteiger partial charge in [-0.2, -0.15) is 5.26 Å². The highest BCUT2D eigenvalue weighted by atomic mass is 14.2. The second-order valence-electron chi connectivity index (χ2n) is 2.89. The van der Waals surface area contributed by atoms with Crippen LogP contribution in [-0.2, 0) is 0 Å². The summed E-state index contributed by atoms with van der Waals surface area (Å²) in [6, 6.07) is 2.13. The first-order valence-corrected chi connectivity index (χ1v) is 4.00. The van der Waals surface area contributed by atoms with Gasteiger partial charge in [0.05, 0.1) is 11.6 Å². The summed E-state index contributed by atoms with van der Waals surface area (Å²) >= 11 is 0. The molecule has 12 heavy (non-hydrogen) atoms. The van der Waals surface area contributed by atoms with E-state index in [0.29, 0.717) is 5.57 Å². The number of allylic oxidation sites excluding steroid dienone is 6. The van der Waals surface area contributed by atoms with Crippen molar-refractivity contribution in [1.82, 2.24) is 0 Å². The average molecular weight is 161 g/mol. The summed E-state index contributed by atoms with van der Waals surface area (Å²) < 4.78 is 0. The maximum atomic E-state index is 8.70. The summed E-state index contributed by atoms with van der Waals surface area (Å²) in [6.07, 6.45) is 5.58. The van der Waals surface area contributed by atoms with E-state index in [-0.39, 0.29) is 0 Å². The van der Waals surface area contributed by atoms with Crippen molar-refractivity contribution in [3.05, 3.63) is 34.9 Å². The van der Waals surface area contributed by atoms with Gasteiger partial charge in [-0.05, 0) is 39.8 Å². The third kappa shape index (κ3) is 3.78. The third-order valence-corrected chi connectivity index (χ3v) is 1.64. The molecule has 0 aliphatic rings. The maximum absolute atomic E-state index is 8.70. The molecule has 0 heterocycles. The molecule has 0 aromatic heterocycles. The number of hydrogen-bond acceptors (Lipinski definition) is 1. The molecule has 0 aliphatic heterocycles. The Kier molecular flexibility index (Phi) is 4.79. The Morgan fingerprint density at radius 2 is 1.83 bits per heavy atom. The highest BCUT2D eigenvalue weighted by Crippen LogP contribution is 2.07. The molecular weight excluding hydrogens is 146 g/mol. The maximum Gasteiger partial charge on any atom is 0.0991 e. The van der Waals surface area contributed by atoms with Crippen molar-refractivity contribution >= 4 is 0 Å². The van der Waals surface area contributed by atoms with Crippen molar-refractivity contribution in [2.45, 2.75) is 27.7 Å². The van der Waals surface area contributed by atoms with E-state index in [2.05, 4.69) is 6.07 Å². The molecule has 0 aromatic carbocycles. The summed E-state index contributed by atoms with van der Waals surface area (Å²) in [6.45, 7) is 7.99. The molecule has 0 fully saturated rings. The van der Waals surface area contributed by atoms with Crippen LogP contribution >= 0.6 is 0 Å². The number of hydrogen-bond donors (Lipinski definition) is 0. The van der Waals surface area contributed by atoms with Crippen LogP contribution in [0.15, 0.2) is 34.9 Å². The lowest BCUT2D eigenvalue weighted by atomic mass is 10.1. The van der Waals surface area contributed by atoms with E-state index in [1.54, 1.807) is 0 Å². The Bertz CT molecular complexity index is 268. The molecule has 0 saturated carbocycles. The van der Waals surface area contributed by atoms with Gasteiger partial charge in [-0.15, -0.1) is 0 Å². The van der Waals surface area contributed by atoms with Crippen molar-refractivity contribution in [3.8, 4) is 6.07 Å². The SMILES string of the molecule is C/C=C\C(C#N)=C/C(C)=C(C)C. The van der Waals surface area contributed by atoms with E-state index in [0.717, 1.165) is 5.57 Å². The highest BCUT2D eigenvalue weighted by molar-refractivity contribution is 5.39. The Labute approximate surface area is 74.7 Å². The zero-order chi connectivity index (χ0) is 9.56. The van der Waals surface area contributed by atoms with Gasteiger partial charge in [0.1, 0.15) is 0 Å². The zero-order valence-electron chi connectivity index (χ0n) is 8.18. The van der Waals surface area contributed by atoms with Gasteiger partial charge >= 0.3 is 0 Å². The second-order valence-corrected chi connectivity index (χ2v) is 2.89. The van der Waals surface area contributed by atoms with Crippen LogP contribution in [0.2, 0.25) is 0 Å². The van der Waals surface area contributed by atoms with E-state index < -0.39 is 0 Å². The van der Waals surface area contributed by atoms with Crippen LogP contribution in [0.1, 0.15) is 27.7 Å². The van der Waals surface area contributed by atoms with Crippen molar-refractivity contribution in [2.75, 3.05) is 0 Å². The molecule has 0 unspecified atom stereocenters. The minimum atomic E-state index is 0.705. The van der Waals surface area contributed by atoms with Crippen molar-refractivity contribution in [3.63, 3.8) is 0 Å². The van der Waals surface area contributed by atoms with Gasteiger partial charge in [-0.3, -0.25) is 0 Å². The minimum Gasteiger partial charge on any atom is -0.192 e. The molecule has 0 spiro atoms. The van der Waals surface area contributed by atoms with Crippen LogP contribution in [0.25, 0.3) is 0 Å². The standard InChI is InChI=1S/C11H15N/c1-5-6-11(8-12)7-10(4)9(2)3/h5-7H,1-4H3/b6-5-,11-7+. The largest absolute Gasteiger partial charge is 0.192 e. The van der Waals surface area contributed by atoms with Gasteiger partial charge < -0.3 is 0 Å². The van der Waals surface area contributed by atoms with Crippen molar-refractivity contribution < 1.29 is 0 Å². The quantitative estimate of drug-likeness (QED) is 0.450. The zero-order valence-corrected chi connectivity index (χ0v) is 8.18. The predicted molar refractivity (Wildman–Crippen MR) is 52.6 cm³/mol. The van der Waals surface area contributed by atoms with Gasteiger partial charge in [0, 0.05) is 0 Å². The molecule has 1 nitrogen and oxygen atoms in total. The summed E-state index contributed by atoms with van der Waals surface area (Å²) in [4.78, 5) is 0. The molecule has 0 aliphatic carbocycles. The smallest absolute Gasteiger partial charge is 0.0991 e. The van der Waals surface area contributed by atoms with Crippen LogP contribution in [-0.4, -0.2) is 0 Å². The van der Waals surface area contributed by atoms with Crippen LogP contribution < -0.4 is 0 Å². The molecule has 0 amide bonds. The van der Waals surface area contributed by atoms with E-state index in [1.165, 1.54) is 5.57 Å². The van der Waals surface area contributed by atoms with Crippen LogP contribution in [0.5, 0.6) is 0 Å². The molecular formula is C11H15N. The Morgan fingerprint density at radius 3 is 2.17 bits per heavy atom. The Balaban J connectivity index is 4.76. The molecule has 0 atom stereocenters. The van der Waals surface area contributed by atoms with Gasteiger partial charge in [-0.1, -0.05) is 17.2 Å². The fourth-order valence-electron chi connectivity index (χ4n) is 0.675. The molecule has 1 heteroatoms. The van der Waals surface area contributed by atoms with Crippen LogP contribution in [0.3, 0.4) is 0 Å².